The predicted molar refractivity (Wildman–Crippen MR) is 70.4 cm³/mol. The molecule has 0 radical (unpaired) electrons. The van der Waals surface area contributed by atoms with Crippen molar-refractivity contribution in [3.05, 3.63) is 53.1 Å². The number of rotatable bonds is 2. The van der Waals surface area contributed by atoms with E-state index in [0.29, 0.717) is 16.5 Å². The van der Waals surface area contributed by atoms with Gasteiger partial charge in [-0.3, -0.25) is 0 Å². The minimum absolute atomic E-state index is 0.0767. The molecular formula is C14H10ClNO2. The van der Waals surface area contributed by atoms with Gasteiger partial charge in [0.05, 0.1) is 6.61 Å². The second-order valence-corrected chi connectivity index (χ2v) is 4.36. The highest BCUT2D eigenvalue weighted by Crippen LogP contribution is 2.27. The van der Waals surface area contributed by atoms with E-state index in [4.69, 9.17) is 21.1 Å². The number of halogens is 1. The van der Waals surface area contributed by atoms with E-state index >= 15 is 0 Å². The van der Waals surface area contributed by atoms with Gasteiger partial charge in [-0.05, 0) is 29.8 Å². The summed E-state index contributed by atoms with van der Waals surface area (Å²) in [6.45, 7) is -0.0767. The van der Waals surface area contributed by atoms with Gasteiger partial charge in [0.25, 0.3) is 0 Å². The fraction of sp³-hybridized carbons (Fsp3) is 0.0714. The minimum atomic E-state index is -0.0767. The highest BCUT2D eigenvalue weighted by atomic mass is 35.5. The monoisotopic (exact) mass is 259 g/mol. The molecule has 0 aliphatic carbocycles. The van der Waals surface area contributed by atoms with Crippen LogP contribution in [0.3, 0.4) is 0 Å². The molecule has 0 atom stereocenters. The van der Waals surface area contributed by atoms with Gasteiger partial charge >= 0.3 is 0 Å². The minimum Gasteiger partial charge on any atom is -0.436 e. The molecule has 0 saturated carbocycles. The van der Waals surface area contributed by atoms with Crippen molar-refractivity contribution in [3.63, 3.8) is 0 Å². The first-order chi connectivity index (χ1) is 8.78. The summed E-state index contributed by atoms with van der Waals surface area (Å²) in [5, 5.41) is 9.58. The SMILES string of the molecule is OCc1ccc(-c2nc3ccccc3o2)cc1Cl. The van der Waals surface area contributed by atoms with Crippen LogP contribution >= 0.6 is 11.6 Å². The third-order valence-corrected chi connectivity index (χ3v) is 3.12. The van der Waals surface area contributed by atoms with Crippen molar-refractivity contribution < 1.29 is 9.52 Å². The van der Waals surface area contributed by atoms with Crippen LogP contribution in [0.1, 0.15) is 5.56 Å². The summed E-state index contributed by atoms with van der Waals surface area (Å²) in [7, 11) is 0. The highest BCUT2D eigenvalue weighted by Gasteiger charge is 2.09. The molecular weight excluding hydrogens is 250 g/mol. The van der Waals surface area contributed by atoms with Crippen LogP contribution in [0.4, 0.5) is 0 Å². The molecule has 3 nitrogen and oxygen atoms in total. The third kappa shape index (κ3) is 1.88. The van der Waals surface area contributed by atoms with Gasteiger partial charge in [-0.1, -0.05) is 29.8 Å². The van der Waals surface area contributed by atoms with Gasteiger partial charge in [-0.25, -0.2) is 4.98 Å². The van der Waals surface area contributed by atoms with Crippen molar-refractivity contribution in [1.29, 1.82) is 0 Å². The summed E-state index contributed by atoms with van der Waals surface area (Å²) in [6, 6.07) is 12.9. The van der Waals surface area contributed by atoms with Crippen molar-refractivity contribution in [2.45, 2.75) is 6.61 Å². The van der Waals surface area contributed by atoms with E-state index in [-0.39, 0.29) is 6.61 Å². The molecule has 3 aromatic rings. The summed E-state index contributed by atoms with van der Waals surface area (Å²) < 4.78 is 5.65. The molecule has 0 aliphatic heterocycles. The molecule has 0 saturated heterocycles. The Hall–Kier alpha value is -1.84. The Balaban J connectivity index is 2.11. The van der Waals surface area contributed by atoms with E-state index in [0.717, 1.165) is 16.7 Å². The fourth-order valence-corrected chi connectivity index (χ4v) is 2.04. The quantitative estimate of drug-likeness (QED) is 0.764. The van der Waals surface area contributed by atoms with Gasteiger partial charge < -0.3 is 9.52 Å². The maximum atomic E-state index is 9.07. The lowest BCUT2D eigenvalue weighted by atomic mass is 10.1. The topological polar surface area (TPSA) is 46.3 Å². The third-order valence-electron chi connectivity index (χ3n) is 2.76. The second kappa shape index (κ2) is 4.44. The Morgan fingerprint density at radius 2 is 2.00 bits per heavy atom. The van der Waals surface area contributed by atoms with Gasteiger partial charge in [0, 0.05) is 10.6 Å². The Morgan fingerprint density at radius 1 is 1.17 bits per heavy atom. The van der Waals surface area contributed by atoms with E-state index in [1.165, 1.54) is 0 Å². The maximum Gasteiger partial charge on any atom is 0.227 e. The van der Waals surface area contributed by atoms with Gasteiger partial charge in [-0.2, -0.15) is 0 Å². The molecule has 0 amide bonds. The lowest BCUT2D eigenvalue weighted by Gasteiger charge is -2.01. The Kier molecular flexibility index (Phi) is 2.78. The predicted octanol–water partition coefficient (Wildman–Crippen LogP) is 3.64. The molecule has 0 aliphatic rings. The number of aromatic nitrogens is 1. The zero-order chi connectivity index (χ0) is 12.5. The number of fused-ring (bicyclic) bond motifs is 1. The van der Waals surface area contributed by atoms with Crippen molar-refractivity contribution in [3.8, 4) is 11.5 Å². The molecule has 0 bridgehead atoms. The molecule has 90 valence electrons. The smallest absolute Gasteiger partial charge is 0.227 e. The molecule has 4 heteroatoms. The largest absolute Gasteiger partial charge is 0.436 e. The van der Waals surface area contributed by atoms with Crippen molar-refractivity contribution in [1.82, 2.24) is 4.98 Å². The zero-order valence-electron chi connectivity index (χ0n) is 9.43. The van der Waals surface area contributed by atoms with Crippen LogP contribution in [0.25, 0.3) is 22.6 Å². The number of oxazole rings is 1. The normalized spacial score (nSPS) is 11.0. The van der Waals surface area contributed by atoms with E-state index in [2.05, 4.69) is 4.98 Å². The van der Waals surface area contributed by atoms with Crippen molar-refractivity contribution >= 4 is 22.7 Å². The Morgan fingerprint density at radius 3 is 2.72 bits per heavy atom. The Labute approximate surface area is 109 Å². The van der Waals surface area contributed by atoms with Crippen LogP contribution in [0.15, 0.2) is 46.9 Å². The van der Waals surface area contributed by atoms with Crippen LogP contribution in [0, 0.1) is 0 Å². The van der Waals surface area contributed by atoms with Crippen LogP contribution in [0.5, 0.6) is 0 Å². The number of benzene rings is 2. The molecule has 1 heterocycles. The number of para-hydroxylation sites is 2. The van der Waals surface area contributed by atoms with E-state index in [1.54, 1.807) is 12.1 Å². The lowest BCUT2D eigenvalue weighted by Crippen LogP contribution is -1.86. The van der Waals surface area contributed by atoms with Gasteiger partial charge in [0.1, 0.15) is 5.52 Å². The lowest BCUT2D eigenvalue weighted by molar-refractivity contribution is 0.282. The summed E-state index contributed by atoms with van der Waals surface area (Å²) in [5.74, 6) is 0.530. The number of aliphatic hydroxyl groups excluding tert-OH is 1. The highest BCUT2D eigenvalue weighted by molar-refractivity contribution is 6.31. The first kappa shape index (κ1) is 11.3. The molecule has 18 heavy (non-hydrogen) atoms. The molecule has 1 aromatic heterocycles. The molecule has 0 unspecified atom stereocenters. The summed E-state index contributed by atoms with van der Waals surface area (Å²) in [6.07, 6.45) is 0. The molecule has 2 aromatic carbocycles. The number of nitrogens with zero attached hydrogens (tertiary/aromatic N) is 1. The van der Waals surface area contributed by atoms with Crippen molar-refractivity contribution in [2.24, 2.45) is 0 Å². The van der Waals surface area contributed by atoms with Crippen LogP contribution in [-0.4, -0.2) is 10.1 Å². The number of hydrogen-bond acceptors (Lipinski definition) is 3. The average Bonchev–Trinajstić information content (AvgIpc) is 2.82. The van der Waals surface area contributed by atoms with Crippen LogP contribution < -0.4 is 0 Å². The molecule has 3 rings (SSSR count). The molecule has 0 fully saturated rings. The van der Waals surface area contributed by atoms with Gasteiger partial charge in [0.2, 0.25) is 5.89 Å². The fourth-order valence-electron chi connectivity index (χ4n) is 1.80. The van der Waals surface area contributed by atoms with Gasteiger partial charge in [0.15, 0.2) is 5.58 Å². The van der Waals surface area contributed by atoms with E-state index in [9.17, 15) is 0 Å². The molecule has 0 spiro atoms. The standard InChI is InChI=1S/C14H10ClNO2/c15-11-7-9(5-6-10(11)8-17)14-16-12-3-1-2-4-13(12)18-14/h1-7,17H,8H2. The second-order valence-electron chi connectivity index (χ2n) is 3.95. The maximum absolute atomic E-state index is 9.07. The van der Waals surface area contributed by atoms with Crippen LogP contribution in [-0.2, 0) is 6.61 Å². The first-order valence-corrected chi connectivity index (χ1v) is 5.91. The van der Waals surface area contributed by atoms with Crippen LogP contribution in [0.2, 0.25) is 5.02 Å². The van der Waals surface area contributed by atoms with E-state index < -0.39 is 0 Å². The average molecular weight is 260 g/mol. The zero-order valence-corrected chi connectivity index (χ0v) is 10.2. The first-order valence-electron chi connectivity index (χ1n) is 5.53. The summed E-state index contributed by atoms with van der Waals surface area (Å²) in [5.41, 5.74) is 3.05. The number of hydrogen-bond donors (Lipinski definition) is 1. The number of aliphatic hydroxyl groups is 1. The summed E-state index contributed by atoms with van der Waals surface area (Å²) in [4.78, 5) is 4.39. The van der Waals surface area contributed by atoms with Gasteiger partial charge in [-0.15, -0.1) is 0 Å². The summed E-state index contributed by atoms with van der Waals surface area (Å²) >= 11 is 6.05. The Bertz CT molecular complexity index is 673. The van der Waals surface area contributed by atoms with E-state index in [1.807, 2.05) is 30.3 Å². The molecule has 1 N–H and O–H groups in total. The van der Waals surface area contributed by atoms with Crippen molar-refractivity contribution in [2.75, 3.05) is 0 Å².